The molecule has 0 radical (unpaired) electrons. The van der Waals surface area contributed by atoms with Crippen molar-refractivity contribution >= 4 is 6.29 Å². The Bertz CT molecular complexity index is 520. The van der Waals surface area contributed by atoms with E-state index in [0.29, 0.717) is 11.3 Å². The fourth-order valence-corrected chi connectivity index (χ4v) is 2.06. The van der Waals surface area contributed by atoms with E-state index in [1.165, 1.54) is 0 Å². The smallest absolute Gasteiger partial charge is 0.153 e. The van der Waals surface area contributed by atoms with Crippen LogP contribution in [0.5, 0.6) is 5.75 Å². The van der Waals surface area contributed by atoms with Crippen molar-refractivity contribution in [2.75, 3.05) is 0 Å². The SMILES string of the molecule is CCCC(Oc1ccccc1C=O)c1ccccc1. The molecule has 0 aliphatic heterocycles. The number of rotatable bonds is 6. The summed E-state index contributed by atoms with van der Waals surface area (Å²) in [6.45, 7) is 2.13. The number of ether oxygens (including phenoxy) is 1. The topological polar surface area (TPSA) is 26.3 Å². The third kappa shape index (κ3) is 3.44. The molecule has 0 aliphatic carbocycles. The van der Waals surface area contributed by atoms with Crippen LogP contribution in [0.25, 0.3) is 0 Å². The molecule has 0 spiro atoms. The van der Waals surface area contributed by atoms with Crippen molar-refractivity contribution in [1.29, 1.82) is 0 Å². The first-order valence-corrected chi connectivity index (χ1v) is 6.61. The zero-order chi connectivity index (χ0) is 13.5. The molecule has 98 valence electrons. The van der Waals surface area contributed by atoms with E-state index in [9.17, 15) is 4.79 Å². The Kier molecular flexibility index (Phi) is 4.73. The summed E-state index contributed by atoms with van der Waals surface area (Å²) >= 11 is 0. The Hall–Kier alpha value is -2.09. The highest BCUT2D eigenvalue weighted by Gasteiger charge is 2.13. The maximum Gasteiger partial charge on any atom is 0.153 e. The molecule has 0 heterocycles. The lowest BCUT2D eigenvalue weighted by atomic mass is 10.0. The predicted octanol–water partition coefficient (Wildman–Crippen LogP) is 4.42. The average Bonchev–Trinajstić information content (AvgIpc) is 2.48. The van der Waals surface area contributed by atoms with Crippen LogP contribution in [0.3, 0.4) is 0 Å². The fraction of sp³-hybridized carbons (Fsp3) is 0.235. The van der Waals surface area contributed by atoms with Gasteiger partial charge in [0.2, 0.25) is 0 Å². The Labute approximate surface area is 114 Å². The summed E-state index contributed by atoms with van der Waals surface area (Å²) in [7, 11) is 0. The van der Waals surface area contributed by atoms with E-state index in [4.69, 9.17) is 4.74 Å². The molecule has 19 heavy (non-hydrogen) atoms. The van der Waals surface area contributed by atoms with Crippen LogP contribution < -0.4 is 4.74 Å². The first-order chi connectivity index (χ1) is 9.35. The molecular weight excluding hydrogens is 236 g/mol. The first-order valence-electron chi connectivity index (χ1n) is 6.61. The molecule has 0 saturated heterocycles. The molecule has 0 saturated carbocycles. The summed E-state index contributed by atoms with van der Waals surface area (Å²) in [4.78, 5) is 11.0. The molecule has 2 rings (SSSR count). The number of carbonyl (C=O) groups excluding carboxylic acids is 1. The van der Waals surface area contributed by atoms with E-state index >= 15 is 0 Å². The van der Waals surface area contributed by atoms with E-state index < -0.39 is 0 Å². The number of para-hydroxylation sites is 1. The highest BCUT2D eigenvalue weighted by molar-refractivity contribution is 5.79. The second-order valence-electron chi connectivity index (χ2n) is 4.46. The molecule has 2 aromatic rings. The van der Waals surface area contributed by atoms with Gasteiger partial charge in [0.25, 0.3) is 0 Å². The van der Waals surface area contributed by atoms with Crippen molar-refractivity contribution in [2.24, 2.45) is 0 Å². The number of carbonyl (C=O) groups is 1. The lowest BCUT2D eigenvalue weighted by Gasteiger charge is -2.20. The van der Waals surface area contributed by atoms with E-state index in [-0.39, 0.29) is 6.10 Å². The zero-order valence-electron chi connectivity index (χ0n) is 11.1. The van der Waals surface area contributed by atoms with Gasteiger partial charge in [0.15, 0.2) is 6.29 Å². The van der Waals surface area contributed by atoms with Gasteiger partial charge in [-0.05, 0) is 24.1 Å². The highest BCUT2D eigenvalue weighted by atomic mass is 16.5. The minimum absolute atomic E-state index is 0.00713. The number of hydrogen-bond acceptors (Lipinski definition) is 2. The molecule has 0 fully saturated rings. The van der Waals surface area contributed by atoms with Crippen LogP contribution in [-0.2, 0) is 0 Å². The molecule has 2 heteroatoms. The standard InChI is InChI=1S/C17H18O2/c1-2-8-16(14-9-4-3-5-10-14)19-17-12-7-6-11-15(17)13-18/h3-7,9-13,16H,2,8H2,1H3. The van der Waals surface area contributed by atoms with Crippen molar-refractivity contribution in [3.63, 3.8) is 0 Å². The van der Waals surface area contributed by atoms with Crippen LogP contribution in [0.4, 0.5) is 0 Å². The largest absolute Gasteiger partial charge is 0.485 e. The maximum absolute atomic E-state index is 11.0. The zero-order valence-corrected chi connectivity index (χ0v) is 11.1. The Morgan fingerprint density at radius 3 is 2.42 bits per heavy atom. The molecule has 1 atom stereocenters. The van der Waals surface area contributed by atoms with Gasteiger partial charge < -0.3 is 4.74 Å². The van der Waals surface area contributed by atoms with Crippen molar-refractivity contribution in [1.82, 2.24) is 0 Å². The highest BCUT2D eigenvalue weighted by Crippen LogP contribution is 2.27. The van der Waals surface area contributed by atoms with Gasteiger partial charge in [-0.1, -0.05) is 55.8 Å². The summed E-state index contributed by atoms with van der Waals surface area (Å²) in [5.74, 6) is 0.653. The summed E-state index contributed by atoms with van der Waals surface area (Å²) in [5, 5.41) is 0. The molecule has 0 amide bonds. The molecule has 0 aliphatic rings. The lowest BCUT2D eigenvalue weighted by Crippen LogP contribution is -2.08. The van der Waals surface area contributed by atoms with E-state index in [0.717, 1.165) is 24.7 Å². The first kappa shape index (κ1) is 13.3. The van der Waals surface area contributed by atoms with Crippen LogP contribution >= 0.6 is 0 Å². The van der Waals surface area contributed by atoms with Gasteiger partial charge in [-0.3, -0.25) is 4.79 Å². The van der Waals surface area contributed by atoms with Gasteiger partial charge in [0.05, 0.1) is 5.56 Å². The van der Waals surface area contributed by atoms with Crippen LogP contribution in [0, 0.1) is 0 Å². The van der Waals surface area contributed by atoms with Crippen LogP contribution in [-0.4, -0.2) is 6.29 Å². The van der Waals surface area contributed by atoms with E-state index in [2.05, 4.69) is 19.1 Å². The van der Waals surface area contributed by atoms with E-state index in [1.54, 1.807) is 6.07 Å². The molecule has 1 unspecified atom stereocenters. The normalized spacial score (nSPS) is 11.8. The van der Waals surface area contributed by atoms with Crippen molar-refractivity contribution in [3.05, 3.63) is 65.7 Å². The maximum atomic E-state index is 11.0. The van der Waals surface area contributed by atoms with Gasteiger partial charge in [0, 0.05) is 0 Å². The molecule has 0 bridgehead atoms. The van der Waals surface area contributed by atoms with Gasteiger partial charge in [0.1, 0.15) is 11.9 Å². The molecule has 0 aromatic heterocycles. The minimum Gasteiger partial charge on any atom is -0.485 e. The molecule has 2 aromatic carbocycles. The Morgan fingerprint density at radius 2 is 1.74 bits per heavy atom. The third-order valence-corrected chi connectivity index (χ3v) is 3.04. The quantitative estimate of drug-likeness (QED) is 0.713. The van der Waals surface area contributed by atoms with Gasteiger partial charge in [-0.2, -0.15) is 0 Å². The fourth-order valence-electron chi connectivity index (χ4n) is 2.06. The molecule has 0 N–H and O–H groups in total. The summed E-state index contributed by atoms with van der Waals surface area (Å²) < 4.78 is 6.03. The van der Waals surface area contributed by atoms with Crippen LogP contribution in [0.2, 0.25) is 0 Å². The van der Waals surface area contributed by atoms with Crippen LogP contribution in [0.15, 0.2) is 54.6 Å². The van der Waals surface area contributed by atoms with Crippen LogP contribution in [0.1, 0.15) is 41.8 Å². The molecular formula is C17H18O2. The second-order valence-corrected chi connectivity index (χ2v) is 4.46. The monoisotopic (exact) mass is 254 g/mol. The minimum atomic E-state index is -0.00713. The van der Waals surface area contributed by atoms with Gasteiger partial charge >= 0.3 is 0 Å². The van der Waals surface area contributed by atoms with Crippen molar-refractivity contribution < 1.29 is 9.53 Å². The summed E-state index contributed by atoms with van der Waals surface area (Å²) in [5.41, 5.74) is 1.74. The average molecular weight is 254 g/mol. The number of hydrogen-bond donors (Lipinski definition) is 0. The molecule has 2 nitrogen and oxygen atoms in total. The Morgan fingerprint density at radius 1 is 1.05 bits per heavy atom. The Balaban J connectivity index is 2.24. The summed E-state index contributed by atoms with van der Waals surface area (Å²) in [6, 6.07) is 17.5. The third-order valence-electron chi connectivity index (χ3n) is 3.04. The van der Waals surface area contributed by atoms with Gasteiger partial charge in [-0.25, -0.2) is 0 Å². The second kappa shape index (κ2) is 6.74. The van der Waals surface area contributed by atoms with E-state index in [1.807, 2.05) is 36.4 Å². The van der Waals surface area contributed by atoms with Gasteiger partial charge in [-0.15, -0.1) is 0 Å². The number of benzene rings is 2. The summed E-state index contributed by atoms with van der Waals surface area (Å²) in [6.07, 6.45) is 2.79. The number of aldehydes is 1. The lowest BCUT2D eigenvalue weighted by molar-refractivity contribution is 0.111. The predicted molar refractivity (Wildman–Crippen MR) is 76.5 cm³/mol. The van der Waals surface area contributed by atoms with Crippen molar-refractivity contribution in [2.45, 2.75) is 25.9 Å². The van der Waals surface area contributed by atoms with Crippen molar-refractivity contribution in [3.8, 4) is 5.75 Å².